The summed E-state index contributed by atoms with van der Waals surface area (Å²) in [5.74, 6) is -0.206. The number of aryl methyl sites for hydroxylation is 1. The Kier molecular flexibility index (Phi) is 6.41. The molecular formula is C22H25N4O2S+. The van der Waals surface area contributed by atoms with Crippen LogP contribution in [0.4, 0.5) is 0 Å². The summed E-state index contributed by atoms with van der Waals surface area (Å²) in [4.78, 5) is 18.8. The minimum atomic E-state index is -0.399. The van der Waals surface area contributed by atoms with E-state index in [-0.39, 0.29) is 16.2 Å². The lowest BCUT2D eigenvalue weighted by molar-refractivity contribution is -0.856. The second-order valence-electron chi connectivity index (χ2n) is 7.11. The summed E-state index contributed by atoms with van der Waals surface area (Å²) in [5, 5.41) is 11.0. The zero-order chi connectivity index (χ0) is 21.0. The summed E-state index contributed by atoms with van der Waals surface area (Å²) >= 11 is 5.64. The fourth-order valence-electron chi connectivity index (χ4n) is 3.01. The molecule has 2 N–H and O–H groups in total. The number of rotatable bonds is 6. The highest BCUT2D eigenvalue weighted by atomic mass is 32.1. The van der Waals surface area contributed by atoms with Crippen LogP contribution in [0, 0.1) is 11.7 Å². The van der Waals surface area contributed by atoms with E-state index in [1.165, 1.54) is 20.2 Å². The maximum Gasteiger partial charge on any atom is 0.271 e. The lowest BCUT2D eigenvalue weighted by Gasteiger charge is -2.17. The molecule has 6 nitrogen and oxygen atoms in total. The number of hydrogen-bond acceptors (Lipinski definition) is 4. The number of nitrogens with zero attached hydrogens (tertiary/aromatic N) is 3. The van der Waals surface area contributed by atoms with Crippen LogP contribution in [0.1, 0.15) is 11.1 Å². The van der Waals surface area contributed by atoms with Crippen molar-refractivity contribution in [1.82, 2.24) is 9.13 Å². The Morgan fingerprint density at radius 1 is 1.07 bits per heavy atom. The second-order valence-corrected chi connectivity index (χ2v) is 7.48. The van der Waals surface area contributed by atoms with E-state index < -0.39 is 5.56 Å². The molecule has 0 spiro atoms. The molecule has 0 aliphatic carbocycles. The van der Waals surface area contributed by atoms with Gasteiger partial charge in [-0.2, -0.15) is 0 Å². The predicted octanol–water partition coefficient (Wildman–Crippen LogP) is 1.94. The quantitative estimate of drug-likeness (QED) is 0.483. The molecule has 3 aromatic rings. The van der Waals surface area contributed by atoms with Crippen molar-refractivity contribution < 1.29 is 10.0 Å². The molecule has 1 heterocycles. The first-order valence-electron chi connectivity index (χ1n) is 9.43. The Morgan fingerprint density at radius 3 is 2.38 bits per heavy atom. The molecule has 7 heteroatoms. The van der Waals surface area contributed by atoms with E-state index in [2.05, 4.69) is 4.99 Å². The molecule has 2 aromatic carbocycles. The summed E-state index contributed by atoms with van der Waals surface area (Å²) in [5.41, 5.74) is 1.99. The van der Waals surface area contributed by atoms with Crippen molar-refractivity contribution in [2.24, 2.45) is 4.99 Å². The number of aromatic nitrogens is 2. The van der Waals surface area contributed by atoms with Crippen molar-refractivity contribution >= 4 is 18.4 Å². The molecule has 0 unspecified atom stereocenters. The zero-order valence-corrected chi connectivity index (χ0v) is 17.6. The normalized spacial score (nSPS) is 11.4. The summed E-state index contributed by atoms with van der Waals surface area (Å²) < 4.78 is 3.15. The highest BCUT2D eigenvalue weighted by Crippen LogP contribution is 2.23. The molecule has 0 saturated heterocycles. The van der Waals surface area contributed by atoms with Gasteiger partial charge in [-0.25, -0.2) is 0 Å². The maximum atomic E-state index is 13.2. The van der Waals surface area contributed by atoms with Crippen LogP contribution in [0.2, 0.25) is 0 Å². The van der Waals surface area contributed by atoms with Gasteiger partial charge in [-0.15, -0.1) is 0 Å². The number of likely N-dealkylation sites (N-methyl/N-ethyl adjacent to an activating group) is 1. The average Bonchev–Trinajstić information content (AvgIpc) is 2.69. The molecule has 0 aliphatic rings. The highest BCUT2D eigenvalue weighted by Gasteiger charge is 2.18. The Bertz CT molecular complexity index is 1150. The van der Waals surface area contributed by atoms with E-state index in [1.807, 2.05) is 75.6 Å². The van der Waals surface area contributed by atoms with Gasteiger partial charge in [0.25, 0.3) is 5.56 Å². The van der Waals surface area contributed by atoms with E-state index in [0.717, 1.165) is 12.1 Å². The number of aliphatic imine (C=N–C) groups is 1. The highest BCUT2D eigenvalue weighted by molar-refractivity contribution is 7.71. The second kappa shape index (κ2) is 8.98. The first kappa shape index (κ1) is 20.7. The predicted molar refractivity (Wildman–Crippen MR) is 119 cm³/mol. The van der Waals surface area contributed by atoms with E-state index in [4.69, 9.17) is 12.2 Å². The first-order valence-corrected chi connectivity index (χ1v) is 9.84. The van der Waals surface area contributed by atoms with Gasteiger partial charge in [0.15, 0.2) is 4.77 Å². The largest absolute Gasteiger partial charge is 0.494 e. The summed E-state index contributed by atoms with van der Waals surface area (Å²) in [6, 6.07) is 16.8. The Labute approximate surface area is 175 Å². The average molecular weight is 410 g/mol. The third-order valence-electron chi connectivity index (χ3n) is 4.60. The smallest absolute Gasteiger partial charge is 0.271 e. The minimum absolute atomic E-state index is 0.111. The van der Waals surface area contributed by atoms with E-state index in [9.17, 15) is 9.90 Å². The number of para-hydroxylation sites is 2. The van der Waals surface area contributed by atoms with Crippen LogP contribution in [-0.2, 0) is 0 Å². The fraction of sp³-hybridized carbons (Fsp3) is 0.227. The van der Waals surface area contributed by atoms with Crippen LogP contribution < -0.4 is 10.5 Å². The number of quaternary nitrogens is 1. The van der Waals surface area contributed by atoms with Crippen LogP contribution in [-0.4, -0.2) is 47.6 Å². The van der Waals surface area contributed by atoms with Gasteiger partial charge in [0.05, 0.1) is 38.6 Å². The molecule has 0 atom stereocenters. The van der Waals surface area contributed by atoms with Gasteiger partial charge in [0.1, 0.15) is 5.56 Å². The molecule has 0 bridgehead atoms. The molecule has 0 amide bonds. The standard InChI is InChI=1S/C22H24N4O2S/c1-16-9-7-8-12-19(16)26-21(28)18(15-23-13-14-24(2)3)20(27)25(22(26)29)17-10-5-4-6-11-17/h4-12,15,28H,13-14H2,1-3H3/p+1. The van der Waals surface area contributed by atoms with Gasteiger partial charge in [0, 0.05) is 6.21 Å². The van der Waals surface area contributed by atoms with Crippen LogP contribution >= 0.6 is 12.2 Å². The number of hydrogen-bond donors (Lipinski definition) is 2. The molecule has 29 heavy (non-hydrogen) atoms. The van der Waals surface area contributed by atoms with Crippen molar-refractivity contribution in [1.29, 1.82) is 0 Å². The Hall–Kier alpha value is -3.03. The molecule has 150 valence electrons. The Balaban J connectivity index is 2.29. The summed E-state index contributed by atoms with van der Waals surface area (Å²) in [7, 11) is 4.07. The number of nitrogens with one attached hydrogen (secondary N) is 1. The molecule has 0 radical (unpaired) electrons. The summed E-state index contributed by atoms with van der Waals surface area (Å²) in [6.07, 6.45) is 1.45. The number of benzene rings is 2. The third-order valence-corrected chi connectivity index (χ3v) is 4.97. The molecule has 1 aromatic heterocycles. The molecular weight excluding hydrogens is 384 g/mol. The lowest BCUT2D eigenvalue weighted by atomic mass is 10.2. The van der Waals surface area contributed by atoms with Crippen molar-refractivity contribution in [3.05, 3.63) is 80.8 Å². The molecule has 0 saturated carbocycles. The van der Waals surface area contributed by atoms with E-state index in [1.54, 1.807) is 0 Å². The zero-order valence-electron chi connectivity index (χ0n) is 16.8. The van der Waals surface area contributed by atoms with Crippen LogP contribution in [0.15, 0.2) is 64.4 Å². The monoisotopic (exact) mass is 409 g/mol. The van der Waals surface area contributed by atoms with Gasteiger partial charge in [-0.3, -0.25) is 18.9 Å². The van der Waals surface area contributed by atoms with E-state index >= 15 is 0 Å². The molecule has 0 aliphatic heterocycles. The number of aromatic hydroxyl groups is 1. The van der Waals surface area contributed by atoms with Crippen LogP contribution in [0.3, 0.4) is 0 Å². The van der Waals surface area contributed by atoms with Gasteiger partial charge in [-0.1, -0.05) is 36.4 Å². The summed E-state index contributed by atoms with van der Waals surface area (Å²) in [6.45, 7) is 3.30. The van der Waals surface area contributed by atoms with Crippen molar-refractivity contribution in [2.75, 3.05) is 27.2 Å². The molecule has 0 fully saturated rings. The first-order chi connectivity index (χ1) is 13.9. The van der Waals surface area contributed by atoms with Gasteiger partial charge in [0.2, 0.25) is 5.88 Å². The van der Waals surface area contributed by atoms with Gasteiger partial charge in [-0.05, 0) is 42.9 Å². The maximum absolute atomic E-state index is 13.2. The fourth-order valence-corrected chi connectivity index (χ4v) is 3.38. The van der Waals surface area contributed by atoms with Gasteiger partial charge < -0.3 is 10.0 Å². The van der Waals surface area contributed by atoms with Crippen LogP contribution in [0.5, 0.6) is 5.88 Å². The molecule has 3 rings (SSSR count). The van der Waals surface area contributed by atoms with Crippen molar-refractivity contribution in [2.45, 2.75) is 6.92 Å². The Morgan fingerprint density at radius 2 is 1.72 bits per heavy atom. The topological polar surface area (TPSA) is 64.0 Å². The van der Waals surface area contributed by atoms with Crippen molar-refractivity contribution in [3.8, 4) is 17.3 Å². The van der Waals surface area contributed by atoms with Crippen molar-refractivity contribution in [3.63, 3.8) is 0 Å². The van der Waals surface area contributed by atoms with Crippen LogP contribution in [0.25, 0.3) is 11.4 Å². The third kappa shape index (κ3) is 4.36. The van der Waals surface area contributed by atoms with Gasteiger partial charge >= 0.3 is 0 Å². The SMILES string of the molecule is Cc1ccccc1-n1c(O)c(C=NCC[NH+](C)C)c(=O)n(-c2ccccc2)c1=S. The van der Waals surface area contributed by atoms with E-state index in [0.29, 0.717) is 17.9 Å². The lowest BCUT2D eigenvalue weighted by Crippen LogP contribution is -3.06. The minimum Gasteiger partial charge on any atom is -0.494 e.